The summed E-state index contributed by atoms with van der Waals surface area (Å²) in [6.45, 7) is 5.39. The second kappa shape index (κ2) is 21.2. The first-order valence-corrected chi connectivity index (χ1v) is 11.8. The van der Waals surface area contributed by atoms with Gasteiger partial charge in [0, 0.05) is 0 Å². The summed E-state index contributed by atoms with van der Waals surface area (Å²) in [5.74, 6) is 0. The van der Waals surface area contributed by atoms with Gasteiger partial charge in [-0.05, 0) is 19.4 Å². The van der Waals surface area contributed by atoms with Gasteiger partial charge in [0.25, 0.3) is 0 Å². The number of aliphatic hydroxyl groups excluding tert-OH is 2. The summed E-state index contributed by atoms with van der Waals surface area (Å²) in [4.78, 5) is 0. The Kier molecular flexibility index (Phi) is 21.1. The predicted molar refractivity (Wildman–Crippen MR) is 115 cm³/mol. The molecule has 0 heterocycles. The van der Waals surface area contributed by atoms with Gasteiger partial charge in [0.2, 0.25) is 0 Å². The summed E-state index contributed by atoms with van der Waals surface area (Å²) in [6.07, 6.45) is 21.5. The molecular formula is C23H49NO2. The zero-order valence-corrected chi connectivity index (χ0v) is 18.0. The minimum atomic E-state index is -0.408. The first-order valence-electron chi connectivity index (χ1n) is 11.8. The molecule has 0 aliphatic rings. The molecule has 0 fully saturated rings. The minimum absolute atomic E-state index is 0.0335. The van der Waals surface area contributed by atoms with Crippen molar-refractivity contribution in [3.8, 4) is 0 Å². The minimum Gasteiger partial charge on any atom is -0.395 e. The normalized spacial score (nSPS) is 13.8. The summed E-state index contributed by atoms with van der Waals surface area (Å²) < 4.78 is 0. The monoisotopic (exact) mass is 371 g/mol. The lowest BCUT2D eigenvalue weighted by Gasteiger charge is -2.22. The molecule has 0 saturated carbocycles. The molecule has 0 amide bonds. The zero-order valence-electron chi connectivity index (χ0n) is 18.0. The number of unbranched alkanes of at least 4 members (excludes halogenated alkanes) is 14. The van der Waals surface area contributed by atoms with Gasteiger partial charge in [0.15, 0.2) is 0 Å². The Hall–Kier alpha value is -0.120. The third kappa shape index (κ3) is 17.3. The van der Waals surface area contributed by atoms with Gasteiger partial charge in [-0.15, -0.1) is 0 Å². The van der Waals surface area contributed by atoms with Crippen LogP contribution in [0.25, 0.3) is 0 Å². The maximum atomic E-state index is 10.2. The van der Waals surface area contributed by atoms with Crippen molar-refractivity contribution in [1.29, 1.82) is 0 Å². The summed E-state index contributed by atoms with van der Waals surface area (Å²) >= 11 is 0. The van der Waals surface area contributed by atoms with Crippen LogP contribution >= 0.6 is 0 Å². The van der Waals surface area contributed by atoms with Gasteiger partial charge in [-0.2, -0.15) is 0 Å². The van der Waals surface area contributed by atoms with Crippen LogP contribution in [0.15, 0.2) is 0 Å². The van der Waals surface area contributed by atoms with Crippen LogP contribution in [0.3, 0.4) is 0 Å². The van der Waals surface area contributed by atoms with E-state index in [1.165, 1.54) is 89.9 Å². The van der Waals surface area contributed by atoms with E-state index in [4.69, 9.17) is 0 Å². The Morgan fingerprint density at radius 3 is 1.50 bits per heavy atom. The van der Waals surface area contributed by atoms with Crippen LogP contribution in [0.1, 0.15) is 123 Å². The van der Waals surface area contributed by atoms with Crippen molar-refractivity contribution in [3.05, 3.63) is 0 Å². The molecular weight excluding hydrogens is 322 g/mol. The van der Waals surface area contributed by atoms with Crippen molar-refractivity contribution in [2.45, 2.75) is 135 Å². The average Bonchev–Trinajstić information content (AvgIpc) is 2.65. The van der Waals surface area contributed by atoms with Gasteiger partial charge >= 0.3 is 0 Å². The Morgan fingerprint density at radius 2 is 1.04 bits per heavy atom. The van der Waals surface area contributed by atoms with Crippen molar-refractivity contribution in [2.75, 3.05) is 13.2 Å². The van der Waals surface area contributed by atoms with E-state index in [2.05, 4.69) is 19.2 Å². The first-order chi connectivity index (χ1) is 12.8. The van der Waals surface area contributed by atoms with E-state index in [0.29, 0.717) is 0 Å². The van der Waals surface area contributed by atoms with E-state index >= 15 is 0 Å². The molecule has 0 saturated heterocycles. The Labute approximate surface area is 164 Å². The van der Waals surface area contributed by atoms with E-state index in [1.54, 1.807) is 0 Å². The summed E-state index contributed by atoms with van der Waals surface area (Å²) in [7, 11) is 0. The number of hydrogen-bond acceptors (Lipinski definition) is 3. The van der Waals surface area contributed by atoms with Crippen LogP contribution in [-0.2, 0) is 0 Å². The SMILES string of the molecule is CCCCCCCCCCCCCCCC(O)C(CO)NCCCCC. The van der Waals surface area contributed by atoms with E-state index in [1.807, 2.05) is 0 Å². The van der Waals surface area contributed by atoms with Crippen LogP contribution < -0.4 is 5.32 Å². The summed E-state index contributed by atoms with van der Waals surface area (Å²) in [5, 5.41) is 23.0. The van der Waals surface area contributed by atoms with Crippen molar-refractivity contribution in [3.63, 3.8) is 0 Å². The van der Waals surface area contributed by atoms with Crippen LogP contribution in [-0.4, -0.2) is 35.5 Å². The third-order valence-corrected chi connectivity index (χ3v) is 5.45. The fourth-order valence-electron chi connectivity index (χ4n) is 3.56. The molecule has 0 radical (unpaired) electrons. The molecule has 0 aliphatic carbocycles. The van der Waals surface area contributed by atoms with Gasteiger partial charge in [0.05, 0.1) is 18.8 Å². The predicted octanol–water partition coefficient (Wildman–Crippen LogP) is 5.97. The molecule has 3 nitrogen and oxygen atoms in total. The van der Waals surface area contributed by atoms with Gasteiger partial charge in [-0.3, -0.25) is 0 Å². The second-order valence-electron chi connectivity index (χ2n) is 8.05. The maximum absolute atomic E-state index is 10.2. The number of hydrogen-bond donors (Lipinski definition) is 3. The van der Waals surface area contributed by atoms with E-state index in [0.717, 1.165) is 25.8 Å². The standard InChI is InChI=1S/C23H49NO2/c1-3-5-7-8-9-10-11-12-13-14-15-16-17-19-23(26)22(21-25)24-20-18-6-4-2/h22-26H,3-21H2,1-2H3. The van der Waals surface area contributed by atoms with Gasteiger partial charge in [0.1, 0.15) is 0 Å². The molecule has 26 heavy (non-hydrogen) atoms. The lowest BCUT2D eigenvalue weighted by molar-refractivity contribution is 0.0811. The van der Waals surface area contributed by atoms with Crippen molar-refractivity contribution in [2.24, 2.45) is 0 Å². The molecule has 0 bridgehead atoms. The smallest absolute Gasteiger partial charge is 0.0715 e. The molecule has 3 heteroatoms. The topological polar surface area (TPSA) is 52.5 Å². The maximum Gasteiger partial charge on any atom is 0.0715 e. The molecule has 0 aromatic heterocycles. The van der Waals surface area contributed by atoms with E-state index in [9.17, 15) is 10.2 Å². The molecule has 0 aliphatic heterocycles. The highest BCUT2D eigenvalue weighted by molar-refractivity contribution is 4.74. The Morgan fingerprint density at radius 1 is 0.615 bits per heavy atom. The largest absolute Gasteiger partial charge is 0.395 e. The van der Waals surface area contributed by atoms with Gasteiger partial charge in [-0.1, -0.05) is 110 Å². The van der Waals surface area contributed by atoms with Crippen molar-refractivity contribution in [1.82, 2.24) is 5.32 Å². The van der Waals surface area contributed by atoms with E-state index < -0.39 is 6.10 Å². The summed E-state index contributed by atoms with van der Waals surface area (Å²) in [6, 6.07) is -0.149. The van der Waals surface area contributed by atoms with Gasteiger partial charge in [-0.25, -0.2) is 0 Å². The molecule has 0 aromatic rings. The fourth-order valence-corrected chi connectivity index (χ4v) is 3.56. The molecule has 158 valence electrons. The Balaban J connectivity index is 3.36. The van der Waals surface area contributed by atoms with Crippen LogP contribution in [0.4, 0.5) is 0 Å². The number of rotatable bonds is 21. The molecule has 0 spiro atoms. The number of aliphatic hydroxyl groups is 2. The van der Waals surface area contributed by atoms with Crippen LogP contribution in [0.5, 0.6) is 0 Å². The van der Waals surface area contributed by atoms with Crippen LogP contribution in [0.2, 0.25) is 0 Å². The van der Waals surface area contributed by atoms with E-state index in [-0.39, 0.29) is 12.6 Å². The summed E-state index contributed by atoms with van der Waals surface area (Å²) in [5.41, 5.74) is 0. The molecule has 0 rings (SSSR count). The average molecular weight is 372 g/mol. The highest BCUT2D eigenvalue weighted by atomic mass is 16.3. The molecule has 2 unspecified atom stereocenters. The lowest BCUT2D eigenvalue weighted by atomic mass is 10.0. The molecule has 0 aromatic carbocycles. The van der Waals surface area contributed by atoms with Crippen molar-refractivity contribution >= 4 is 0 Å². The molecule has 3 N–H and O–H groups in total. The molecule has 2 atom stereocenters. The highest BCUT2D eigenvalue weighted by Crippen LogP contribution is 2.14. The third-order valence-electron chi connectivity index (χ3n) is 5.45. The fraction of sp³-hybridized carbons (Fsp3) is 1.00. The second-order valence-corrected chi connectivity index (χ2v) is 8.05. The highest BCUT2D eigenvalue weighted by Gasteiger charge is 2.16. The van der Waals surface area contributed by atoms with Crippen LogP contribution in [0, 0.1) is 0 Å². The first kappa shape index (κ1) is 25.9. The number of nitrogens with one attached hydrogen (secondary N) is 1. The Bertz CT molecular complexity index is 261. The van der Waals surface area contributed by atoms with Crippen molar-refractivity contribution < 1.29 is 10.2 Å². The van der Waals surface area contributed by atoms with Gasteiger partial charge < -0.3 is 15.5 Å². The lowest BCUT2D eigenvalue weighted by Crippen LogP contribution is -2.43. The zero-order chi connectivity index (χ0) is 19.3. The quantitative estimate of drug-likeness (QED) is 0.218.